The van der Waals surface area contributed by atoms with Crippen molar-refractivity contribution < 1.29 is 26.3 Å². The molecule has 0 aliphatic rings. The number of H-pyrrole nitrogens is 1. The van der Waals surface area contributed by atoms with Crippen LogP contribution in [0, 0.1) is 3.57 Å². The van der Waals surface area contributed by atoms with Crippen molar-refractivity contribution >= 4 is 32.6 Å². The molecule has 6 nitrogen and oxygen atoms in total. The number of rotatable bonds is 2. The highest BCUT2D eigenvalue weighted by Gasteiger charge is 2.33. The van der Waals surface area contributed by atoms with Gasteiger partial charge >= 0.3 is 6.36 Å². The second-order valence-electron chi connectivity index (χ2n) is 2.73. The van der Waals surface area contributed by atoms with Crippen molar-refractivity contribution in [3.05, 3.63) is 20.0 Å². The van der Waals surface area contributed by atoms with Crippen LogP contribution in [0.3, 0.4) is 0 Å². The highest BCUT2D eigenvalue weighted by molar-refractivity contribution is 14.1. The van der Waals surface area contributed by atoms with E-state index in [-0.39, 0.29) is 3.57 Å². The van der Waals surface area contributed by atoms with Crippen molar-refractivity contribution in [1.82, 2.24) is 4.98 Å². The van der Waals surface area contributed by atoms with E-state index in [9.17, 15) is 26.4 Å². The van der Waals surface area contributed by atoms with Crippen LogP contribution in [0.5, 0.6) is 5.88 Å². The highest BCUT2D eigenvalue weighted by atomic mass is 127. The monoisotopic (exact) mass is 384 g/mol. The second kappa shape index (κ2) is 4.45. The minimum Gasteiger partial charge on any atom is -0.389 e. The average Bonchev–Trinajstić information content (AvgIpc) is 2.06. The zero-order chi connectivity index (χ0) is 13.4. The van der Waals surface area contributed by atoms with Crippen LogP contribution in [0.2, 0.25) is 0 Å². The van der Waals surface area contributed by atoms with Crippen LogP contribution in [0.1, 0.15) is 0 Å². The number of hydrogen-bond donors (Lipinski definition) is 2. The summed E-state index contributed by atoms with van der Waals surface area (Å²) in [5.74, 6) is -0.893. The third-order valence-corrected chi connectivity index (χ3v) is 3.17. The molecule has 0 bridgehead atoms. The van der Waals surface area contributed by atoms with E-state index in [0.29, 0.717) is 6.07 Å². The van der Waals surface area contributed by atoms with E-state index in [1.807, 2.05) is 0 Å². The number of alkyl halides is 3. The number of nitrogens with two attached hydrogens (primary N) is 1. The minimum absolute atomic E-state index is 0.247. The second-order valence-corrected chi connectivity index (χ2v) is 5.42. The predicted molar refractivity (Wildman–Crippen MR) is 57.8 cm³/mol. The fourth-order valence-electron chi connectivity index (χ4n) is 0.872. The van der Waals surface area contributed by atoms with Crippen molar-refractivity contribution in [3.63, 3.8) is 0 Å². The van der Waals surface area contributed by atoms with E-state index in [1.54, 1.807) is 4.98 Å². The maximum atomic E-state index is 11.9. The smallest absolute Gasteiger partial charge is 0.389 e. The lowest BCUT2D eigenvalue weighted by Gasteiger charge is -2.10. The van der Waals surface area contributed by atoms with E-state index >= 15 is 0 Å². The van der Waals surface area contributed by atoms with Gasteiger partial charge in [-0.25, -0.2) is 13.6 Å². The van der Waals surface area contributed by atoms with Crippen LogP contribution in [0.25, 0.3) is 0 Å². The Labute approximate surface area is 106 Å². The van der Waals surface area contributed by atoms with Crippen molar-refractivity contribution in [2.45, 2.75) is 11.3 Å². The molecule has 1 rings (SSSR count). The van der Waals surface area contributed by atoms with Crippen LogP contribution in [-0.4, -0.2) is 19.8 Å². The molecule has 0 aliphatic carbocycles. The first-order valence-corrected chi connectivity index (χ1v) is 6.34. The molecule has 0 aromatic carbocycles. The van der Waals surface area contributed by atoms with Crippen molar-refractivity contribution in [2.75, 3.05) is 0 Å². The van der Waals surface area contributed by atoms with Crippen LogP contribution >= 0.6 is 22.6 Å². The van der Waals surface area contributed by atoms with Crippen LogP contribution in [-0.2, 0) is 10.0 Å². The maximum Gasteiger partial charge on any atom is 0.574 e. The van der Waals surface area contributed by atoms with Gasteiger partial charge in [0.25, 0.3) is 5.56 Å². The van der Waals surface area contributed by atoms with Gasteiger partial charge in [0.15, 0.2) is 0 Å². The summed E-state index contributed by atoms with van der Waals surface area (Å²) < 4.78 is 60.7. The first kappa shape index (κ1) is 14.2. The molecule has 0 saturated carbocycles. The summed E-state index contributed by atoms with van der Waals surface area (Å²) >= 11 is 1.37. The molecule has 11 heteroatoms. The van der Waals surface area contributed by atoms with Gasteiger partial charge in [0.05, 0.1) is 3.57 Å². The molecule has 0 fully saturated rings. The van der Waals surface area contributed by atoms with E-state index in [4.69, 9.17) is 0 Å². The molecule has 96 valence electrons. The minimum atomic E-state index is -4.99. The van der Waals surface area contributed by atoms with Gasteiger partial charge in [-0.05, 0) is 28.7 Å². The van der Waals surface area contributed by atoms with Crippen molar-refractivity contribution in [2.24, 2.45) is 5.14 Å². The molecule has 0 radical (unpaired) electrons. The Balaban J connectivity index is 3.34. The largest absolute Gasteiger partial charge is 0.574 e. The first-order valence-electron chi connectivity index (χ1n) is 3.72. The quantitative estimate of drug-likeness (QED) is 0.727. The lowest BCUT2D eigenvalue weighted by atomic mass is 10.5. The normalized spacial score (nSPS) is 12.5. The summed E-state index contributed by atoms with van der Waals surface area (Å²) in [4.78, 5) is 12.0. The molecule has 3 N–H and O–H groups in total. The summed E-state index contributed by atoms with van der Waals surface area (Å²) in [6.45, 7) is 0. The number of pyridine rings is 1. The predicted octanol–water partition coefficient (Wildman–Crippen LogP) is 0.526. The summed E-state index contributed by atoms with van der Waals surface area (Å²) in [6, 6.07) is 0.690. The Bertz CT molecular complexity index is 594. The molecule has 17 heavy (non-hydrogen) atoms. The standard InChI is InChI=1S/C6H4F3IN2O4S/c7-6(8,9)16-5-2(10)1-3(4(13)12-5)17(11,14)15/h1H,(H,12,13)(H2,11,14,15). The number of sulfonamides is 1. The number of halogens is 4. The molecule has 1 heterocycles. The topological polar surface area (TPSA) is 102 Å². The number of ether oxygens (including phenoxy) is 1. The number of hydrogen-bond acceptors (Lipinski definition) is 4. The van der Waals surface area contributed by atoms with Gasteiger partial charge in [-0.1, -0.05) is 0 Å². The molecule has 0 atom stereocenters. The molecule has 0 spiro atoms. The lowest BCUT2D eigenvalue weighted by Crippen LogP contribution is -2.26. The number of primary sulfonamides is 1. The number of nitrogens with one attached hydrogen (secondary N) is 1. The zero-order valence-corrected chi connectivity index (χ0v) is 10.7. The van der Waals surface area contributed by atoms with Crippen molar-refractivity contribution in [1.29, 1.82) is 0 Å². The Morgan fingerprint density at radius 2 is 1.94 bits per heavy atom. The average molecular weight is 384 g/mol. The summed E-state index contributed by atoms with van der Waals surface area (Å²) in [6.07, 6.45) is -4.99. The van der Waals surface area contributed by atoms with E-state index in [0.717, 1.165) is 0 Å². The van der Waals surface area contributed by atoms with Gasteiger partial charge in [-0.2, -0.15) is 0 Å². The highest BCUT2D eigenvalue weighted by Crippen LogP contribution is 2.25. The van der Waals surface area contributed by atoms with E-state index < -0.39 is 32.7 Å². The van der Waals surface area contributed by atoms with Gasteiger partial charge in [0.2, 0.25) is 15.9 Å². The molecule has 0 amide bonds. The van der Waals surface area contributed by atoms with Gasteiger partial charge in [0.1, 0.15) is 4.90 Å². The fourth-order valence-corrected chi connectivity index (χ4v) is 2.23. The van der Waals surface area contributed by atoms with Crippen LogP contribution < -0.4 is 15.4 Å². The third-order valence-electron chi connectivity index (χ3n) is 1.45. The molecule has 0 unspecified atom stereocenters. The van der Waals surface area contributed by atoms with Gasteiger partial charge < -0.3 is 4.74 Å². The molecular formula is C6H4F3IN2O4S. The van der Waals surface area contributed by atoms with E-state index in [1.165, 1.54) is 22.6 Å². The first-order chi connectivity index (χ1) is 7.50. The lowest BCUT2D eigenvalue weighted by molar-refractivity contribution is -0.276. The Hall–Kier alpha value is -0.820. The summed E-state index contributed by atoms with van der Waals surface area (Å²) in [7, 11) is -4.30. The summed E-state index contributed by atoms with van der Waals surface area (Å²) in [5, 5.41) is 4.69. The number of aromatic nitrogens is 1. The Kier molecular flexibility index (Phi) is 3.73. The fraction of sp³-hybridized carbons (Fsp3) is 0.167. The SMILES string of the molecule is NS(=O)(=O)c1cc(I)c(OC(F)(F)F)[nH]c1=O. The van der Waals surface area contributed by atoms with Crippen molar-refractivity contribution in [3.8, 4) is 5.88 Å². The van der Waals surface area contributed by atoms with Gasteiger partial charge in [-0.3, -0.25) is 9.78 Å². The van der Waals surface area contributed by atoms with Gasteiger partial charge in [0, 0.05) is 0 Å². The van der Waals surface area contributed by atoms with Gasteiger partial charge in [-0.15, -0.1) is 13.2 Å². The Morgan fingerprint density at radius 3 is 2.35 bits per heavy atom. The molecule has 1 aromatic heterocycles. The molecule has 1 aromatic rings. The Morgan fingerprint density at radius 1 is 1.41 bits per heavy atom. The summed E-state index contributed by atoms with van der Waals surface area (Å²) in [5.41, 5.74) is -1.29. The molecular weight excluding hydrogens is 380 g/mol. The molecule has 0 aliphatic heterocycles. The van der Waals surface area contributed by atoms with Crippen LogP contribution in [0.15, 0.2) is 15.8 Å². The third kappa shape index (κ3) is 3.85. The van der Waals surface area contributed by atoms with Crippen LogP contribution in [0.4, 0.5) is 13.2 Å². The number of aromatic amines is 1. The van der Waals surface area contributed by atoms with E-state index in [2.05, 4.69) is 9.88 Å². The zero-order valence-electron chi connectivity index (χ0n) is 7.71. The maximum absolute atomic E-state index is 11.9. The molecule has 0 saturated heterocycles.